The Labute approximate surface area is 131 Å². The molecule has 3 nitrogen and oxygen atoms in total. The van der Waals surface area contributed by atoms with Gasteiger partial charge in [-0.05, 0) is 38.1 Å². The molecule has 21 heavy (non-hydrogen) atoms. The molecule has 0 aliphatic carbocycles. The Morgan fingerprint density at radius 2 is 1.86 bits per heavy atom. The molecule has 0 aliphatic heterocycles. The molecule has 0 bridgehead atoms. The minimum absolute atomic E-state index is 0.204. The summed E-state index contributed by atoms with van der Waals surface area (Å²) in [5.74, 6) is 0.908. The largest absolute Gasteiger partial charge is 0.491 e. The molecule has 0 saturated carbocycles. The third-order valence-electron chi connectivity index (χ3n) is 2.97. The molecule has 0 fully saturated rings. The van der Waals surface area contributed by atoms with Crippen molar-refractivity contribution in [2.75, 3.05) is 6.54 Å². The lowest BCUT2D eigenvalue weighted by Gasteiger charge is -2.09. The predicted molar refractivity (Wildman–Crippen MR) is 90.2 cm³/mol. The van der Waals surface area contributed by atoms with Gasteiger partial charge >= 0.3 is 0 Å². The van der Waals surface area contributed by atoms with Gasteiger partial charge in [-0.1, -0.05) is 13.8 Å². The average Bonchev–Trinajstić information content (AvgIpc) is 2.87. The summed E-state index contributed by atoms with van der Waals surface area (Å²) in [6, 6.07) is 8.69. The summed E-state index contributed by atoms with van der Waals surface area (Å²) in [6.07, 6.45) is 1.19. The van der Waals surface area contributed by atoms with Crippen molar-refractivity contribution >= 4 is 11.3 Å². The number of aromatic nitrogens is 1. The standard InChI is InChI=1S/C17H24N2OS/c1-12(2)18-10-9-17-19-16(11-21-17)14-5-7-15(8-6-14)20-13(3)4/h5-8,11-13,18H,9-10H2,1-4H3. The number of ether oxygens (including phenoxy) is 1. The Bertz CT molecular complexity index is 546. The molecule has 0 amide bonds. The van der Waals surface area contributed by atoms with Gasteiger partial charge in [0.05, 0.1) is 16.8 Å². The maximum Gasteiger partial charge on any atom is 0.119 e. The van der Waals surface area contributed by atoms with Crippen molar-refractivity contribution in [2.24, 2.45) is 0 Å². The van der Waals surface area contributed by atoms with Crippen LogP contribution in [0.1, 0.15) is 32.7 Å². The molecule has 4 heteroatoms. The zero-order chi connectivity index (χ0) is 15.2. The summed E-state index contributed by atoms with van der Waals surface area (Å²) in [7, 11) is 0. The zero-order valence-electron chi connectivity index (χ0n) is 13.2. The number of hydrogen-bond acceptors (Lipinski definition) is 4. The van der Waals surface area contributed by atoms with E-state index in [4.69, 9.17) is 9.72 Å². The van der Waals surface area contributed by atoms with Crippen LogP contribution in [0, 0.1) is 0 Å². The van der Waals surface area contributed by atoms with E-state index in [1.54, 1.807) is 11.3 Å². The second-order valence-corrected chi connectivity index (χ2v) is 6.62. The molecule has 1 heterocycles. The summed E-state index contributed by atoms with van der Waals surface area (Å²) in [5, 5.41) is 6.73. The van der Waals surface area contributed by atoms with E-state index in [-0.39, 0.29) is 6.10 Å². The van der Waals surface area contributed by atoms with Crippen LogP contribution in [0.2, 0.25) is 0 Å². The number of nitrogens with zero attached hydrogens (tertiary/aromatic N) is 1. The molecule has 1 N–H and O–H groups in total. The van der Waals surface area contributed by atoms with Gasteiger partial charge in [0, 0.05) is 30.0 Å². The molecule has 0 spiro atoms. The van der Waals surface area contributed by atoms with Gasteiger partial charge < -0.3 is 10.1 Å². The molecule has 2 rings (SSSR count). The van der Waals surface area contributed by atoms with Crippen molar-refractivity contribution < 1.29 is 4.74 Å². The van der Waals surface area contributed by atoms with E-state index in [0.29, 0.717) is 6.04 Å². The van der Waals surface area contributed by atoms with Crippen LogP contribution in [0.3, 0.4) is 0 Å². The summed E-state index contributed by atoms with van der Waals surface area (Å²) >= 11 is 1.73. The summed E-state index contributed by atoms with van der Waals surface area (Å²) in [4.78, 5) is 4.71. The number of hydrogen-bond donors (Lipinski definition) is 1. The first kappa shape index (κ1) is 16.0. The lowest BCUT2D eigenvalue weighted by atomic mass is 10.2. The minimum Gasteiger partial charge on any atom is -0.491 e. The van der Waals surface area contributed by atoms with Crippen LogP contribution in [0.15, 0.2) is 29.6 Å². The Hall–Kier alpha value is -1.39. The van der Waals surface area contributed by atoms with Crippen molar-refractivity contribution in [1.29, 1.82) is 0 Å². The van der Waals surface area contributed by atoms with Crippen molar-refractivity contribution in [3.05, 3.63) is 34.7 Å². The van der Waals surface area contributed by atoms with E-state index in [0.717, 1.165) is 30.0 Å². The van der Waals surface area contributed by atoms with E-state index in [1.807, 2.05) is 26.0 Å². The van der Waals surface area contributed by atoms with Gasteiger partial charge in [-0.25, -0.2) is 4.98 Å². The second-order valence-electron chi connectivity index (χ2n) is 5.68. The predicted octanol–water partition coefficient (Wildman–Crippen LogP) is 4.14. The molecule has 1 aromatic carbocycles. The van der Waals surface area contributed by atoms with Crippen LogP contribution in [0.5, 0.6) is 5.75 Å². The number of nitrogens with one attached hydrogen (secondary N) is 1. The Morgan fingerprint density at radius 3 is 2.48 bits per heavy atom. The average molecular weight is 304 g/mol. The molecule has 0 unspecified atom stereocenters. The Kier molecular flexibility index (Phi) is 5.76. The number of thiazole rings is 1. The van der Waals surface area contributed by atoms with Gasteiger partial charge in [0.1, 0.15) is 5.75 Å². The molecule has 0 atom stereocenters. The van der Waals surface area contributed by atoms with Gasteiger partial charge in [0.2, 0.25) is 0 Å². The van der Waals surface area contributed by atoms with Crippen molar-refractivity contribution in [3.63, 3.8) is 0 Å². The first-order valence-corrected chi connectivity index (χ1v) is 8.37. The first-order valence-electron chi connectivity index (χ1n) is 7.49. The molecular formula is C17H24N2OS. The van der Waals surface area contributed by atoms with Gasteiger partial charge in [-0.15, -0.1) is 11.3 Å². The van der Waals surface area contributed by atoms with Gasteiger partial charge in [-0.3, -0.25) is 0 Å². The quantitative estimate of drug-likeness (QED) is 0.835. The van der Waals surface area contributed by atoms with Crippen LogP contribution in [0.25, 0.3) is 11.3 Å². The normalized spacial score (nSPS) is 11.3. The number of benzene rings is 1. The molecule has 0 saturated heterocycles. The summed E-state index contributed by atoms with van der Waals surface area (Å²) in [5.41, 5.74) is 2.20. The smallest absolute Gasteiger partial charge is 0.119 e. The molecule has 2 aromatic rings. The van der Waals surface area contributed by atoms with E-state index in [9.17, 15) is 0 Å². The summed E-state index contributed by atoms with van der Waals surface area (Å²) < 4.78 is 5.66. The van der Waals surface area contributed by atoms with E-state index >= 15 is 0 Å². The van der Waals surface area contributed by atoms with Gasteiger partial charge in [-0.2, -0.15) is 0 Å². The maximum absolute atomic E-state index is 5.66. The molecule has 0 aliphatic rings. The Balaban J connectivity index is 1.97. The van der Waals surface area contributed by atoms with E-state index in [2.05, 4.69) is 36.7 Å². The third-order valence-corrected chi connectivity index (χ3v) is 3.87. The fourth-order valence-corrected chi connectivity index (χ4v) is 2.81. The highest BCUT2D eigenvalue weighted by atomic mass is 32.1. The first-order chi connectivity index (χ1) is 10.0. The van der Waals surface area contributed by atoms with Gasteiger partial charge in [0.15, 0.2) is 0 Å². The van der Waals surface area contributed by atoms with E-state index < -0.39 is 0 Å². The topological polar surface area (TPSA) is 34.2 Å². The SMILES string of the molecule is CC(C)NCCc1nc(-c2ccc(OC(C)C)cc2)cs1. The maximum atomic E-state index is 5.66. The lowest BCUT2D eigenvalue weighted by molar-refractivity contribution is 0.242. The Morgan fingerprint density at radius 1 is 1.14 bits per heavy atom. The van der Waals surface area contributed by atoms with Crippen LogP contribution in [-0.2, 0) is 6.42 Å². The van der Waals surface area contributed by atoms with Crippen molar-refractivity contribution in [3.8, 4) is 17.0 Å². The highest BCUT2D eigenvalue weighted by Crippen LogP contribution is 2.24. The molecule has 1 aromatic heterocycles. The number of rotatable bonds is 7. The second kappa shape index (κ2) is 7.57. The van der Waals surface area contributed by atoms with Crippen LogP contribution in [-0.4, -0.2) is 23.7 Å². The summed E-state index contributed by atoms with van der Waals surface area (Å²) in [6.45, 7) is 9.37. The fraction of sp³-hybridized carbons (Fsp3) is 0.471. The third kappa shape index (κ3) is 5.14. The zero-order valence-corrected chi connectivity index (χ0v) is 14.0. The van der Waals surface area contributed by atoms with Crippen molar-refractivity contribution in [1.82, 2.24) is 10.3 Å². The van der Waals surface area contributed by atoms with Crippen LogP contribution in [0.4, 0.5) is 0 Å². The van der Waals surface area contributed by atoms with E-state index in [1.165, 1.54) is 5.01 Å². The lowest BCUT2D eigenvalue weighted by Crippen LogP contribution is -2.24. The molecule has 0 radical (unpaired) electrons. The van der Waals surface area contributed by atoms with Crippen LogP contribution >= 0.6 is 11.3 Å². The van der Waals surface area contributed by atoms with Crippen molar-refractivity contribution in [2.45, 2.75) is 46.3 Å². The monoisotopic (exact) mass is 304 g/mol. The molecule has 114 valence electrons. The van der Waals surface area contributed by atoms with Crippen LogP contribution < -0.4 is 10.1 Å². The molecular weight excluding hydrogens is 280 g/mol. The minimum atomic E-state index is 0.204. The van der Waals surface area contributed by atoms with Gasteiger partial charge in [0.25, 0.3) is 0 Å². The fourth-order valence-electron chi connectivity index (χ4n) is 2.00. The highest BCUT2D eigenvalue weighted by molar-refractivity contribution is 7.09. The highest BCUT2D eigenvalue weighted by Gasteiger charge is 2.06.